The topological polar surface area (TPSA) is 34.1 Å². The normalized spacial score (nSPS) is 12.4. The molecule has 4 heteroatoms. The molecule has 0 amide bonds. The van der Waals surface area contributed by atoms with Gasteiger partial charge in [-0.25, -0.2) is 8.42 Å². The van der Waals surface area contributed by atoms with Crippen molar-refractivity contribution in [2.24, 2.45) is 0 Å². The van der Waals surface area contributed by atoms with E-state index in [4.69, 9.17) is 0 Å². The van der Waals surface area contributed by atoms with Crippen molar-refractivity contribution in [1.82, 2.24) is 0 Å². The van der Waals surface area contributed by atoms with Crippen molar-refractivity contribution in [2.45, 2.75) is 4.90 Å². The Labute approximate surface area is 168 Å². The fraction of sp³-hybridized carbons (Fsp3) is 0. The van der Waals surface area contributed by atoms with E-state index in [9.17, 15) is 8.42 Å². The number of hydrogen-bond donors (Lipinski definition) is 0. The predicted octanol–water partition coefficient (Wildman–Crippen LogP) is 5.82. The van der Waals surface area contributed by atoms with Crippen LogP contribution in [0, 0.1) is 3.57 Å². The van der Waals surface area contributed by atoms with Crippen LogP contribution in [0.3, 0.4) is 0 Å². The minimum absolute atomic E-state index is 0.285. The maximum atomic E-state index is 13.2. The first-order valence-corrected chi connectivity index (χ1v) is 10.6. The van der Waals surface area contributed by atoms with Crippen LogP contribution in [0.4, 0.5) is 0 Å². The van der Waals surface area contributed by atoms with Crippen molar-refractivity contribution >= 4 is 43.4 Å². The fourth-order valence-electron chi connectivity index (χ4n) is 2.49. The SMILES string of the molecule is O=S(=O)(/C(=C/C=C/c1ccccc1)c1ccc(I)cc1)c1ccccc1. The largest absolute Gasteiger partial charge is 0.218 e. The zero-order valence-corrected chi connectivity index (χ0v) is 16.9. The first kappa shape index (κ1) is 18.6. The van der Waals surface area contributed by atoms with Gasteiger partial charge < -0.3 is 0 Å². The quantitative estimate of drug-likeness (QED) is 0.347. The average Bonchev–Trinajstić information content (AvgIpc) is 2.68. The lowest BCUT2D eigenvalue weighted by Gasteiger charge is -2.09. The van der Waals surface area contributed by atoms with Gasteiger partial charge in [-0.3, -0.25) is 0 Å². The van der Waals surface area contributed by atoms with E-state index < -0.39 is 9.84 Å². The second-order valence-electron chi connectivity index (χ2n) is 5.62. The molecule has 0 aliphatic rings. The van der Waals surface area contributed by atoms with Crippen LogP contribution in [-0.4, -0.2) is 8.42 Å². The number of rotatable bonds is 5. The molecular formula is C22H17IO2S. The summed E-state index contributed by atoms with van der Waals surface area (Å²) in [6.07, 6.45) is 5.34. The van der Waals surface area contributed by atoms with Crippen LogP contribution < -0.4 is 0 Å². The highest BCUT2D eigenvalue weighted by atomic mass is 127. The standard InChI is InChI=1S/C22H17IO2S/c23-20-16-14-19(15-17-20)22(13-7-10-18-8-3-1-4-9-18)26(24,25)21-11-5-2-6-12-21/h1-17H/b10-7+,22-13+. The Hall–Kier alpha value is -2.18. The zero-order valence-electron chi connectivity index (χ0n) is 13.9. The highest BCUT2D eigenvalue weighted by molar-refractivity contribution is 14.1. The molecule has 0 heterocycles. The van der Waals surface area contributed by atoms with E-state index >= 15 is 0 Å². The molecule has 3 aromatic carbocycles. The third-order valence-corrected chi connectivity index (χ3v) is 6.37. The molecule has 0 atom stereocenters. The second kappa shape index (κ2) is 8.47. The van der Waals surface area contributed by atoms with E-state index in [1.54, 1.807) is 36.4 Å². The van der Waals surface area contributed by atoms with Crippen molar-refractivity contribution in [1.29, 1.82) is 0 Å². The summed E-state index contributed by atoms with van der Waals surface area (Å²) in [7, 11) is -3.61. The highest BCUT2D eigenvalue weighted by Gasteiger charge is 2.21. The summed E-state index contributed by atoms with van der Waals surface area (Å²) >= 11 is 2.21. The van der Waals surface area contributed by atoms with Crippen LogP contribution in [-0.2, 0) is 9.84 Å². The third-order valence-electron chi connectivity index (χ3n) is 3.81. The summed E-state index contributed by atoms with van der Waals surface area (Å²) < 4.78 is 27.4. The number of halogens is 1. The minimum atomic E-state index is -3.61. The van der Waals surface area contributed by atoms with Crippen LogP contribution in [0.5, 0.6) is 0 Å². The summed E-state index contributed by atoms with van der Waals surface area (Å²) in [5.74, 6) is 0. The van der Waals surface area contributed by atoms with Crippen LogP contribution >= 0.6 is 22.6 Å². The van der Waals surface area contributed by atoms with Crippen molar-refractivity contribution in [2.75, 3.05) is 0 Å². The summed E-state index contributed by atoms with van der Waals surface area (Å²) in [5.41, 5.74) is 1.69. The average molecular weight is 472 g/mol. The Morgan fingerprint density at radius 1 is 0.769 bits per heavy atom. The van der Waals surface area contributed by atoms with Gasteiger partial charge in [-0.05, 0) is 64.1 Å². The molecule has 2 nitrogen and oxygen atoms in total. The Balaban J connectivity index is 2.06. The maximum absolute atomic E-state index is 13.2. The summed E-state index contributed by atoms with van der Waals surface area (Å²) in [5, 5.41) is 0. The van der Waals surface area contributed by atoms with Gasteiger partial charge in [0.25, 0.3) is 0 Å². The third kappa shape index (κ3) is 4.51. The molecule has 0 fully saturated rings. The predicted molar refractivity (Wildman–Crippen MR) is 116 cm³/mol. The Morgan fingerprint density at radius 3 is 1.96 bits per heavy atom. The van der Waals surface area contributed by atoms with Gasteiger partial charge in [0.2, 0.25) is 9.84 Å². The van der Waals surface area contributed by atoms with Gasteiger partial charge in [0.05, 0.1) is 9.80 Å². The molecule has 0 aliphatic carbocycles. The van der Waals surface area contributed by atoms with Crippen LogP contribution in [0.25, 0.3) is 11.0 Å². The van der Waals surface area contributed by atoms with Gasteiger partial charge in [-0.1, -0.05) is 72.8 Å². The maximum Gasteiger partial charge on any atom is 0.207 e. The van der Waals surface area contributed by atoms with Gasteiger partial charge in [0, 0.05) is 3.57 Å². The molecule has 0 saturated carbocycles. The van der Waals surface area contributed by atoms with E-state index in [0.29, 0.717) is 5.56 Å². The summed E-state index contributed by atoms with van der Waals surface area (Å²) in [4.78, 5) is 0.574. The molecule has 0 saturated heterocycles. The van der Waals surface area contributed by atoms with Gasteiger partial charge >= 0.3 is 0 Å². The monoisotopic (exact) mass is 472 g/mol. The Kier molecular flexibility index (Phi) is 6.06. The number of allylic oxidation sites excluding steroid dienone is 2. The van der Waals surface area contributed by atoms with Crippen LogP contribution in [0.1, 0.15) is 11.1 Å². The van der Waals surface area contributed by atoms with E-state index in [0.717, 1.165) is 9.13 Å². The first-order valence-electron chi connectivity index (χ1n) is 8.07. The second-order valence-corrected chi connectivity index (χ2v) is 8.79. The molecule has 0 unspecified atom stereocenters. The van der Waals surface area contributed by atoms with E-state index in [1.807, 2.05) is 66.7 Å². The van der Waals surface area contributed by atoms with Gasteiger partial charge in [-0.2, -0.15) is 0 Å². The molecule has 0 N–H and O–H groups in total. The van der Waals surface area contributed by atoms with Crippen molar-refractivity contribution in [3.05, 3.63) is 112 Å². The molecule has 130 valence electrons. The molecule has 3 rings (SSSR count). The molecule has 0 spiro atoms. The number of benzene rings is 3. The lowest BCUT2D eigenvalue weighted by atomic mass is 10.2. The highest BCUT2D eigenvalue weighted by Crippen LogP contribution is 2.28. The summed E-state index contributed by atoms with van der Waals surface area (Å²) in [6, 6.07) is 25.8. The van der Waals surface area contributed by atoms with Gasteiger partial charge in [0.15, 0.2) is 0 Å². The smallest absolute Gasteiger partial charge is 0.207 e. The van der Waals surface area contributed by atoms with Crippen molar-refractivity contribution in [3.63, 3.8) is 0 Å². The number of sulfone groups is 1. The minimum Gasteiger partial charge on any atom is -0.218 e. The molecule has 0 radical (unpaired) electrons. The van der Waals surface area contributed by atoms with E-state index in [1.165, 1.54) is 0 Å². The van der Waals surface area contributed by atoms with Gasteiger partial charge in [-0.15, -0.1) is 0 Å². The van der Waals surface area contributed by atoms with Crippen molar-refractivity contribution in [3.8, 4) is 0 Å². The molecule has 0 aromatic heterocycles. The number of hydrogen-bond acceptors (Lipinski definition) is 2. The molecule has 26 heavy (non-hydrogen) atoms. The molecular weight excluding hydrogens is 455 g/mol. The van der Waals surface area contributed by atoms with Gasteiger partial charge in [0.1, 0.15) is 0 Å². The van der Waals surface area contributed by atoms with Crippen molar-refractivity contribution < 1.29 is 8.42 Å². The Bertz CT molecular complexity index is 1020. The lowest BCUT2D eigenvalue weighted by molar-refractivity contribution is 0.606. The molecule has 0 bridgehead atoms. The summed E-state index contributed by atoms with van der Waals surface area (Å²) in [6.45, 7) is 0. The molecule has 0 aliphatic heterocycles. The first-order chi connectivity index (χ1) is 12.6. The van der Waals surface area contributed by atoms with E-state index in [2.05, 4.69) is 22.6 Å². The zero-order chi connectivity index (χ0) is 18.4. The van der Waals surface area contributed by atoms with E-state index in [-0.39, 0.29) is 9.80 Å². The molecule has 3 aromatic rings. The Morgan fingerprint density at radius 2 is 1.35 bits per heavy atom. The fourth-order valence-corrected chi connectivity index (χ4v) is 4.33. The lowest BCUT2D eigenvalue weighted by Crippen LogP contribution is -2.04. The van der Waals surface area contributed by atoms with Crippen LogP contribution in [0.2, 0.25) is 0 Å². The van der Waals surface area contributed by atoms with Crippen LogP contribution in [0.15, 0.2) is 102 Å².